The second-order valence-corrected chi connectivity index (χ2v) is 5.96. The maximum absolute atomic E-state index is 8.83. The van der Waals surface area contributed by atoms with Crippen molar-refractivity contribution < 1.29 is 9.84 Å². The fourth-order valence-electron chi connectivity index (χ4n) is 1.92. The minimum atomic E-state index is 0.0805. The molecule has 0 fully saturated rings. The molecule has 0 saturated carbocycles. The van der Waals surface area contributed by atoms with E-state index in [1.807, 2.05) is 18.2 Å². The molecule has 0 spiro atoms. The Morgan fingerprint density at radius 1 is 0.955 bits per heavy atom. The summed E-state index contributed by atoms with van der Waals surface area (Å²) in [5.74, 6) is 0.723. The molecular weight excluding hydrogens is 345 g/mol. The third-order valence-corrected chi connectivity index (χ3v) is 3.85. The summed E-state index contributed by atoms with van der Waals surface area (Å²) in [5.41, 5.74) is 1.78. The summed E-state index contributed by atoms with van der Waals surface area (Å²) in [6.45, 7) is 1.49. The van der Waals surface area contributed by atoms with E-state index < -0.39 is 0 Å². The molecule has 118 valence electrons. The highest BCUT2D eigenvalue weighted by atomic mass is 35.5. The smallest absolute Gasteiger partial charge is 0.124 e. The second kappa shape index (κ2) is 8.61. The molecule has 0 radical (unpaired) electrons. The number of aliphatic hydroxyl groups is 1. The molecule has 2 aromatic carbocycles. The first kappa shape index (κ1) is 17.4. The van der Waals surface area contributed by atoms with Gasteiger partial charge in [0, 0.05) is 39.3 Å². The molecule has 3 nitrogen and oxygen atoms in total. The Hall–Kier alpha value is -0.970. The number of rotatable bonds is 7. The van der Waals surface area contributed by atoms with Gasteiger partial charge in [-0.15, -0.1) is 0 Å². The quantitative estimate of drug-likeness (QED) is 0.723. The highest BCUT2D eigenvalue weighted by Gasteiger charge is 2.07. The number of aliphatic hydroxyl groups excluding tert-OH is 1. The third-order valence-electron chi connectivity index (χ3n) is 3.02. The van der Waals surface area contributed by atoms with E-state index in [0.29, 0.717) is 34.8 Å². The molecule has 0 unspecified atom stereocenters. The van der Waals surface area contributed by atoms with Crippen LogP contribution in [0.3, 0.4) is 0 Å². The SMILES string of the molecule is OCCNCc1cc(Cl)ccc1OCc1ccc(Cl)cc1Cl. The van der Waals surface area contributed by atoms with Crippen molar-refractivity contribution in [3.63, 3.8) is 0 Å². The van der Waals surface area contributed by atoms with E-state index in [-0.39, 0.29) is 6.61 Å². The number of halogens is 3. The van der Waals surface area contributed by atoms with Crippen molar-refractivity contribution >= 4 is 34.8 Å². The zero-order valence-electron chi connectivity index (χ0n) is 11.8. The van der Waals surface area contributed by atoms with Crippen molar-refractivity contribution in [2.24, 2.45) is 0 Å². The normalized spacial score (nSPS) is 10.7. The fraction of sp³-hybridized carbons (Fsp3) is 0.250. The van der Waals surface area contributed by atoms with Gasteiger partial charge in [0.15, 0.2) is 0 Å². The van der Waals surface area contributed by atoms with Crippen molar-refractivity contribution in [3.05, 3.63) is 62.6 Å². The van der Waals surface area contributed by atoms with E-state index in [9.17, 15) is 0 Å². The van der Waals surface area contributed by atoms with Crippen molar-refractivity contribution in [2.45, 2.75) is 13.2 Å². The molecule has 0 heterocycles. The van der Waals surface area contributed by atoms with Crippen LogP contribution >= 0.6 is 34.8 Å². The van der Waals surface area contributed by atoms with Crippen LogP contribution < -0.4 is 10.1 Å². The Bertz CT molecular complexity index is 635. The van der Waals surface area contributed by atoms with Gasteiger partial charge >= 0.3 is 0 Å². The Kier molecular flexibility index (Phi) is 6.80. The topological polar surface area (TPSA) is 41.5 Å². The molecule has 0 aromatic heterocycles. The molecule has 0 aliphatic heterocycles. The summed E-state index contributed by atoms with van der Waals surface area (Å²) in [7, 11) is 0. The van der Waals surface area contributed by atoms with E-state index >= 15 is 0 Å². The van der Waals surface area contributed by atoms with Crippen LogP contribution in [0, 0.1) is 0 Å². The lowest BCUT2D eigenvalue weighted by atomic mass is 10.2. The minimum absolute atomic E-state index is 0.0805. The van der Waals surface area contributed by atoms with E-state index in [1.165, 1.54) is 0 Å². The van der Waals surface area contributed by atoms with Gasteiger partial charge in [0.25, 0.3) is 0 Å². The molecule has 0 bridgehead atoms. The Balaban J connectivity index is 2.08. The number of ether oxygens (including phenoxy) is 1. The zero-order chi connectivity index (χ0) is 15.9. The monoisotopic (exact) mass is 359 g/mol. The minimum Gasteiger partial charge on any atom is -0.489 e. The lowest BCUT2D eigenvalue weighted by Gasteiger charge is -2.13. The number of nitrogens with one attached hydrogen (secondary N) is 1. The van der Waals surface area contributed by atoms with Gasteiger partial charge in [-0.25, -0.2) is 0 Å². The molecule has 0 atom stereocenters. The predicted octanol–water partition coefficient (Wildman–Crippen LogP) is 4.31. The fourth-order valence-corrected chi connectivity index (χ4v) is 2.58. The molecule has 0 aliphatic carbocycles. The first-order valence-corrected chi connectivity index (χ1v) is 7.90. The van der Waals surface area contributed by atoms with E-state index in [1.54, 1.807) is 18.2 Å². The van der Waals surface area contributed by atoms with Gasteiger partial charge < -0.3 is 15.2 Å². The zero-order valence-corrected chi connectivity index (χ0v) is 14.0. The summed E-state index contributed by atoms with van der Waals surface area (Å²) in [4.78, 5) is 0. The number of benzene rings is 2. The molecule has 2 aromatic rings. The summed E-state index contributed by atoms with van der Waals surface area (Å²) in [6, 6.07) is 10.7. The Morgan fingerprint density at radius 3 is 2.41 bits per heavy atom. The van der Waals surface area contributed by atoms with Crippen LogP contribution in [-0.4, -0.2) is 18.3 Å². The van der Waals surface area contributed by atoms with Gasteiger partial charge in [-0.2, -0.15) is 0 Å². The Morgan fingerprint density at radius 2 is 1.68 bits per heavy atom. The van der Waals surface area contributed by atoms with Crippen LogP contribution in [0.15, 0.2) is 36.4 Å². The highest BCUT2D eigenvalue weighted by molar-refractivity contribution is 6.35. The first-order chi connectivity index (χ1) is 10.6. The molecule has 2 N–H and O–H groups in total. The standard InChI is InChI=1S/C16H16Cl3NO2/c17-13-3-4-16(12(7-13)9-20-5-6-21)22-10-11-1-2-14(18)8-15(11)19/h1-4,7-8,20-21H,5-6,9-10H2. The largest absolute Gasteiger partial charge is 0.489 e. The summed E-state index contributed by atoms with van der Waals surface area (Å²) in [6.07, 6.45) is 0. The van der Waals surface area contributed by atoms with Gasteiger partial charge in [-0.1, -0.05) is 40.9 Å². The van der Waals surface area contributed by atoms with E-state index in [4.69, 9.17) is 44.6 Å². The van der Waals surface area contributed by atoms with Crippen LogP contribution in [0.1, 0.15) is 11.1 Å². The lowest BCUT2D eigenvalue weighted by Crippen LogP contribution is -2.18. The molecule has 6 heteroatoms. The highest BCUT2D eigenvalue weighted by Crippen LogP contribution is 2.26. The molecular formula is C16H16Cl3NO2. The second-order valence-electron chi connectivity index (χ2n) is 4.68. The van der Waals surface area contributed by atoms with Crippen LogP contribution in [0.2, 0.25) is 15.1 Å². The van der Waals surface area contributed by atoms with Crippen LogP contribution in [0.4, 0.5) is 0 Å². The maximum atomic E-state index is 8.83. The predicted molar refractivity (Wildman–Crippen MR) is 91.0 cm³/mol. The van der Waals surface area contributed by atoms with Gasteiger partial charge in [-0.05, 0) is 30.3 Å². The van der Waals surface area contributed by atoms with Crippen LogP contribution in [0.25, 0.3) is 0 Å². The number of hydrogen-bond donors (Lipinski definition) is 2. The van der Waals surface area contributed by atoms with Gasteiger partial charge in [-0.3, -0.25) is 0 Å². The maximum Gasteiger partial charge on any atom is 0.124 e. The van der Waals surface area contributed by atoms with Crippen LogP contribution in [-0.2, 0) is 13.2 Å². The molecule has 0 aliphatic rings. The summed E-state index contributed by atoms with van der Waals surface area (Å²) < 4.78 is 5.84. The number of hydrogen-bond acceptors (Lipinski definition) is 3. The van der Waals surface area contributed by atoms with E-state index in [0.717, 1.165) is 16.9 Å². The first-order valence-electron chi connectivity index (χ1n) is 6.77. The van der Waals surface area contributed by atoms with Gasteiger partial charge in [0.2, 0.25) is 0 Å². The molecule has 22 heavy (non-hydrogen) atoms. The van der Waals surface area contributed by atoms with Crippen molar-refractivity contribution in [2.75, 3.05) is 13.2 Å². The van der Waals surface area contributed by atoms with Crippen molar-refractivity contribution in [1.29, 1.82) is 0 Å². The Labute approximate surface area is 144 Å². The third kappa shape index (κ3) is 5.04. The molecule has 0 amide bonds. The van der Waals surface area contributed by atoms with Gasteiger partial charge in [0.05, 0.1) is 6.61 Å². The van der Waals surface area contributed by atoms with E-state index in [2.05, 4.69) is 5.32 Å². The van der Waals surface area contributed by atoms with Crippen molar-refractivity contribution in [3.8, 4) is 5.75 Å². The van der Waals surface area contributed by atoms with Crippen LogP contribution in [0.5, 0.6) is 5.75 Å². The average molecular weight is 361 g/mol. The average Bonchev–Trinajstić information content (AvgIpc) is 2.48. The lowest BCUT2D eigenvalue weighted by molar-refractivity contribution is 0.288. The molecule has 2 rings (SSSR count). The molecule has 0 saturated heterocycles. The summed E-state index contributed by atoms with van der Waals surface area (Å²) >= 11 is 18.0. The van der Waals surface area contributed by atoms with Gasteiger partial charge in [0.1, 0.15) is 12.4 Å². The summed E-state index contributed by atoms with van der Waals surface area (Å²) in [5, 5.41) is 13.7. The van der Waals surface area contributed by atoms with Crippen molar-refractivity contribution in [1.82, 2.24) is 5.32 Å².